The Morgan fingerprint density at radius 1 is 0.939 bits per heavy atom. The van der Waals surface area contributed by atoms with Gasteiger partial charge in [0.2, 0.25) is 0 Å². The molecule has 1 N–H and O–H groups in total. The number of rotatable bonds is 5. The summed E-state index contributed by atoms with van der Waals surface area (Å²) in [4.78, 5) is 13.9. The third kappa shape index (κ3) is 4.25. The average molecular weight is 444 g/mol. The lowest BCUT2D eigenvalue weighted by atomic mass is 10.0. The molecule has 4 aromatic rings. The van der Waals surface area contributed by atoms with Gasteiger partial charge in [0, 0.05) is 6.42 Å². The predicted molar refractivity (Wildman–Crippen MR) is 121 cm³/mol. The zero-order valence-electron chi connectivity index (χ0n) is 17.6. The van der Waals surface area contributed by atoms with Crippen LogP contribution in [0.2, 0.25) is 0 Å². The largest absolute Gasteiger partial charge is 0.457 e. The van der Waals surface area contributed by atoms with Crippen molar-refractivity contribution in [1.82, 2.24) is 10.1 Å². The lowest BCUT2D eigenvalue weighted by molar-refractivity contribution is 0.382. The molecule has 1 heterocycles. The molecule has 0 amide bonds. The summed E-state index contributed by atoms with van der Waals surface area (Å²) in [5.74, 6) is 0.270. The molecule has 0 radical (unpaired) electrons. The average Bonchev–Trinajstić information content (AvgIpc) is 3.33. The zero-order chi connectivity index (χ0) is 22.9. The van der Waals surface area contributed by atoms with Crippen molar-refractivity contribution in [3.05, 3.63) is 117 Å². The normalized spacial score (nSPS) is 14.1. The number of hydrogen-bond donors (Lipinski definition) is 1. The topological polar surface area (TPSA) is 68.1 Å². The molecule has 7 heteroatoms. The highest BCUT2D eigenvalue weighted by Gasteiger charge is 2.25. The number of nitrogens with zero attached hydrogens (tertiary/aromatic N) is 1. The van der Waals surface area contributed by atoms with Gasteiger partial charge in [-0.1, -0.05) is 23.4 Å². The van der Waals surface area contributed by atoms with E-state index in [1.54, 1.807) is 18.2 Å². The van der Waals surface area contributed by atoms with E-state index in [-0.39, 0.29) is 11.6 Å². The van der Waals surface area contributed by atoms with Crippen molar-refractivity contribution >= 4 is 17.2 Å². The number of benzene rings is 3. The van der Waals surface area contributed by atoms with Gasteiger partial charge in [0.05, 0.1) is 0 Å². The molecule has 0 saturated carbocycles. The van der Waals surface area contributed by atoms with E-state index in [0.717, 1.165) is 33.4 Å². The smallest absolute Gasteiger partial charge is 0.438 e. The summed E-state index contributed by atoms with van der Waals surface area (Å²) in [6.45, 7) is 1.96. The molecule has 0 unspecified atom stereocenters. The van der Waals surface area contributed by atoms with Gasteiger partial charge in [-0.05, 0) is 94.9 Å². The molecule has 0 atom stereocenters. The molecule has 0 spiro atoms. The lowest BCUT2D eigenvalue weighted by Crippen LogP contribution is -1.99. The summed E-state index contributed by atoms with van der Waals surface area (Å²) in [7, 11) is 0. The van der Waals surface area contributed by atoms with Crippen LogP contribution in [-0.2, 0) is 6.42 Å². The maximum atomic E-state index is 14.0. The molecule has 164 valence electrons. The lowest BCUT2D eigenvalue weighted by Gasteiger charge is -2.07. The molecule has 1 aliphatic carbocycles. The van der Waals surface area contributed by atoms with Crippen LogP contribution >= 0.6 is 0 Å². The van der Waals surface area contributed by atoms with Crippen LogP contribution in [0, 0.1) is 11.6 Å². The van der Waals surface area contributed by atoms with Gasteiger partial charge in [0.1, 0.15) is 23.1 Å². The van der Waals surface area contributed by atoms with Gasteiger partial charge in [-0.3, -0.25) is 9.51 Å². The van der Waals surface area contributed by atoms with E-state index in [2.05, 4.69) is 14.7 Å². The number of aromatic amines is 1. The van der Waals surface area contributed by atoms with E-state index < -0.39 is 5.76 Å². The SMILES string of the molecule is CC1=C(Cc2noc(=O)[nH]2)c2cc(F)ccc2/C1=C\c1ccc(Oc2ccc(F)cc2)cc1. The summed E-state index contributed by atoms with van der Waals surface area (Å²) in [6.07, 6.45) is 2.34. The van der Waals surface area contributed by atoms with Crippen molar-refractivity contribution in [2.24, 2.45) is 0 Å². The quantitative estimate of drug-likeness (QED) is 0.410. The fourth-order valence-electron chi connectivity index (χ4n) is 3.92. The first-order valence-corrected chi connectivity index (χ1v) is 10.3. The number of ether oxygens (including phenoxy) is 1. The second-order valence-corrected chi connectivity index (χ2v) is 7.69. The molecule has 33 heavy (non-hydrogen) atoms. The van der Waals surface area contributed by atoms with Crippen LogP contribution in [-0.4, -0.2) is 10.1 Å². The molecule has 5 nitrogen and oxygen atoms in total. The second-order valence-electron chi connectivity index (χ2n) is 7.69. The fraction of sp³-hybridized carbons (Fsp3) is 0.0769. The Morgan fingerprint density at radius 2 is 1.61 bits per heavy atom. The fourth-order valence-corrected chi connectivity index (χ4v) is 3.92. The molecule has 0 bridgehead atoms. The highest BCUT2D eigenvalue weighted by Crippen LogP contribution is 2.43. The Morgan fingerprint density at radius 3 is 2.27 bits per heavy atom. The Bertz CT molecular complexity index is 1450. The highest BCUT2D eigenvalue weighted by molar-refractivity contribution is 6.05. The van der Waals surface area contributed by atoms with Crippen LogP contribution in [0.3, 0.4) is 0 Å². The van der Waals surface area contributed by atoms with Gasteiger partial charge in [-0.25, -0.2) is 13.6 Å². The molecule has 3 aromatic carbocycles. The standard InChI is InChI=1S/C26H18F2N2O3/c1-15-22(12-16-2-7-19(8-3-16)32-20-9-4-17(27)5-10-20)21-11-6-18(28)13-24(21)23(15)14-25-29-26(31)33-30-25/h2-13H,14H2,1H3,(H,29,30,31)/b22-12-. The maximum absolute atomic E-state index is 14.0. The number of hydrogen-bond acceptors (Lipinski definition) is 4. The van der Waals surface area contributed by atoms with Crippen molar-refractivity contribution in [2.45, 2.75) is 13.3 Å². The molecule has 0 fully saturated rings. The van der Waals surface area contributed by atoms with Crippen LogP contribution in [0.4, 0.5) is 8.78 Å². The number of nitrogens with one attached hydrogen (secondary N) is 1. The van der Waals surface area contributed by atoms with E-state index >= 15 is 0 Å². The predicted octanol–water partition coefficient (Wildman–Crippen LogP) is 6.00. The van der Waals surface area contributed by atoms with Crippen LogP contribution in [0.5, 0.6) is 11.5 Å². The Labute approximate surface area is 187 Å². The van der Waals surface area contributed by atoms with E-state index in [1.807, 2.05) is 37.3 Å². The molecule has 1 aromatic heterocycles. The summed E-state index contributed by atoms with van der Waals surface area (Å²) in [5, 5.41) is 3.74. The highest BCUT2D eigenvalue weighted by atomic mass is 19.1. The van der Waals surface area contributed by atoms with Crippen molar-refractivity contribution in [1.29, 1.82) is 0 Å². The van der Waals surface area contributed by atoms with Crippen LogP contribution < -0.4 is 10.5 Å². The number of halogens is 2. The Balaban J connectivity index is 1.46. The molecule has 0 saturated heterocycles. The maximum Gasteiger partial charge on any atom is 0.438 e. The number of allylic oxidation sites excluding steroid dienone is 3. The zero-order valence-corrected chi connectivity index (χ0v) is 17.6. The minimum Gasteiger partial charge on any atom is -0.457 e. The molecule has 1 aliphatic rings. The first-order chi connectivity index (χ1) is 16.0. The Kier molecular flexibility index (Phi) is 5.22. The van der Waals surface area contributed by atoms with Gasteiger partial charge in [-0.2, -0.15) is 0 Å². The van der Waals surface area contributed by atoms with Crippen LogP contribution in [0.25, 0.3) is 17.2 Å². The summed E-state index contributed by atoms with van der Waals surface area (Å²) >= 11 is 0. The number of fused-ring (bicyclic) bond motifs is 1. The third-order valence-corrected chi connectivity index (χ3v) is 5.52. The third-order valence-electron chi connectivity index (χ3n) is 5.52. The van der Waals surface area contributed by atoms with E-state index in [0.29, 0.717) is 23.7 Å². The summed E-state index contributed by atoms with van der Waals surface area (Å²) in [5.41, 5.74) is 5.39. The summed E-state index contributed by atoms with van der Waals surface area (Å²) in [6, 6.07) is 18.0. The minimum absolute atomic E-state index is 0.315. The number of aromatic nitrogens is 2. The van der Waals surface area contributed by atoms with Crippen molar-refractivity contribution < 1.29 is 18.0 Å². The number of H-pyrrole nitrogens is 1. The van der Waals surface area contributed by atoms with E-state index in [1.165, 1.54) is 24.3 Å². The summed E-state index contributed by atoms with van der Waals surface area (Å²) < 4.78 is 37.5. The molecule has 0 aliphatic heterocycles. The molecular weight excluding hydrogens is 426 g/mol. The van der Waals surface area contributed by atoms with Crippen molar-refractivity contribution in [3.63, 3.8) is 0 Å². The molecular formula is C26H18F2N2O3. The second kappa shape index (κ2) is 8.35. The molecule has 5 rings (SSSR count). The van der Waals surface area contributed by atoms with Crippen molar-refractivity contribution in [2.75, 3.05) is 0 Å². The first kappa shape index (κ1) is 20.6. The Hall–Kier alpha value is -4.26. The van der Waals surface area contributed by atoms with Crippen LogP contribution in [0.15, 0.2) is 81.6 Å². The van der Waals surface area contributed by atoms with E-state index in [9.17, 15) is 13.6 Å². The first-order valence-electron chi connectivity index (χ1n) is 10.3. The monoisotopic (exact) mass is 444 g/mol. The van der Waals surface area contributed by atoms with Crippen molar-refractivity contribution in [3.8, 4) is 11.5 Å². The van der Waals surface area contributed by atoms with Gasteiger partial charge < -0.3 is 4.74 Å². The van der Waals surface area contributed by atoms with Crippen LogP contribution in [0.1, 0.15) is 29.4 Å². The minimum atomic E-state index is -0.626. The van der Waals surface area contributed by atoms with Gasteiger partial charge in [-0.15, -0.1) is 0 Å². The van der Waals surface area contributed by atoms with Gasteiger partial charge in [0.15, 0.2) is 5.82 Å². The van der Waals surface area contributed by atoms with Gasteiger partial charge in [0.25, 0.3) is 0 Å². The van der Waals surface area contributed by atoms with E-state index in [4.69, 9.17) is 4.74 Å². The van der Waals surface area contributed by atoms with Gasteiger partial charge >= 0.3 is 5.76 Å².